The van der Waals surface area contributed by atoms with Gasteiger partial charge in [0.1, 0.15) is 6.04 Å². The Kier molecular flexibility index (Phi) is 6.17. The summed E-state index contributed by atoms with van der Waals surface area (Å²) in [6, 6.07) is 27.5. The lowest BCUT2D eigenvalue weighted by molar-refractivity contribution is 0.122. The van der Waals surface area contributed by atoms with Gasteiger partial charge in [-0.2, -0.15) is 0 Å². The topological polar surface area (TPSA) is 45.6 Å². The number of morpholine rings is 1. The van der Waals surface area contributed by atoms with E-state index in [0.29, 0.717) is 5.11 Å². The number of hydrogen-bond donors (Lipinski definition) is 1. The third kappa shape index (κ3) is 4.25. The zero-order valence-corrected chi connectivity index (χ0v) is 21.1. The number of aromatic nitrogens is 2. The summed E-state index contributed by atoms with van der Waals surface area (Å²) in [5.74, 6) is 0. The van der Waals surface area contributed by atoms with E-state index in [0.717, 1.165) is 49.1 Å². The lowest BCUT2D eigenvalue weighted by Gasteiger charge is -2.31. The second-order valence-corrected chi connectivity index (χ2v) is 9.64. The van der Waals surface area contributed by atoms with Crippen molar-refractivity contribution in [1.29, 1.82) is 0 Å². The molecule has 4 heterocycles. The van der Waals surface area contributed by atoms with Crippen molar-refractivity contribution in [3.8, 4) is 5.69 Å². The molecular formula is C29H29N5OS. The second-order valence-electron chi connectivity index (χ2n) is 9.25. The number of pyridine rings is 1. The molecule has 2 atom stereocenters. The highest BCUT2D eigenvalue weighted by Crippen LogP contribution is 2.42. The van der Waals surface area contributed by atoms with Crippen molar-refractivity contribution in [2.45, 2.75) is 19.0 Å². The predicted octanol–water partition coefficient (Wildman–Crippen LogP) is 5.19. The van der Waals surface area contributed by atoms with Gasteiger partial charge in [0.15, 0.2) is 5.11 Å². The van der Waals surface area contributed by atoms with Crippen LogP contribution in [0.2, 0.25) is 0 Å². The van der Waals surface area contributed by atoms with Gasteiger partial charge in [0.2, 0.25) is 0 Å². The van der Waals surface area contributed by atoms with Crippen molar-refractivity contribution in [1.82, 2.24) is 14.9 Å². The molecule has 182 valence electrons. The Morgan fingerprint density at radius 2 is 1.58 bits per heavy atom. The van der Waals surface area contributed by atoms with Gasteiger partial charge in [-0.25, -0.2) is 0 Å². The highest BCUT2D eigenvalue weighted by Gasteiger charge is 2.42. The molecule has 0 saturated carbocycles. The van der Waals surface area contributed by atoms with Crippen molar-refractivity contribution in [3.63, 3.8) is 0 Å². The van der Waals surface area contributed by atoms with Gasteiger partial charge in [0.25, 0.3) is 0 Å². The van der Waals surface area contributed by atoms with Crippen molar-refractivity contribution in [2.75, 3.05) is 36.1 Å². The maximum absolute atomic E-state index is 5.94. The van der Waals surface area contributed by atoms with Gasteiger partial charge >= 0.3 is 0 Å². The molecule has 36 heavy (non-hydrogen) atoms. The van der Waals surface area contributed by atoms with Crippen molar-refractivity contribution in [2.24, 2.45) is 0 Å². The van der Waals surface area contributed by atoms with Gasteiger partial charge in [-0.05, 0) is 79.8 Å². The lowest BCUT2D eigenvalue weighted by atomic mass is 10.0. The van der Waals surface area contributed by atoms with Gasteiger partial charge < -0.3 is 24.4 Å². The number of aryl methyl sites for hydroxylation is 1. The van der Waals surface area contributed by atoms with E-state index in [1.54, 1.807) is 0 Å². The number of nitrogens with zero attached hydrogens (tertiary/aromatic N) is 4. The molecule has 0 radical (unpaired) electrons. The van der Waals surface area contributed by atoms with Crippen LogP contribution >= 0.6 is 12.2 Å². The van der Waals surface area contributed by atoms with Crippen LogP contribution in [0.1, 0.15) is 29.0 Å². The summed E-state index contributed by atoms with van der Waals surface area (Å²) in [5.41, 5.74) is 6.75. The van der Waals surface area contributed by atoms with E-state index in [9.17, 15) is 0 Å². The number of hydrogen-bond acceptors (Lipinski definition) is 4. The standard InChI is InChI=1S/C29H29N5OS/c1-21-7-9-23(10-8-21)33-16-4-6-26(33)28-27(25-5-2-3-15-30-25)31-29(36)34(28)24-13-11-22(12-14-24)32-17-19-35-20-18-32/h2-16,27-28H,17-20H2,1H3,(H,31,36)/t27-,28-/m1/s1. The highest BCUT2D eigenvalue weighted by atomic mass is 32.1. The molecule has 6 rings (SSSR count). The van der Waals surface area contributed by atoms with E-state index in [2.05, 4.69) is 99.5 Å². The van der Waals surface area contributed by atoms with Crippen LogP contribution in [0.4, 0.5) is 11.4 Å². The maximum atomic E-state index is 5.94. The van der Waals surface area contributed by atoms with Crippen LogP contribution in [0, 0.1) is 6.92 Å². The van der Waals surface area contributed by atoms with E-state index in [4.69, 9.17) is 21.9 Å². The molecule has 2 aromatic heterocycles. The third-order valence-corrected chi connectivity index (χ3v) is 7.31. The zero-order valence-electron chi connectivity index (χ0n) is 20.2. The highest BCUT2D eigenvalue weighted by molar-refractivity contribution is 7.80. The minimum absolute atomic E-state index is 0.0714. The minimum atomic E-state index is -0.0864. The van der Waals surface area contributed by atoms with Crippen LogP contribution in [-0.2, 0) is 4.74 Å². The van der Waals surface area contributed by atoms with Crippen molar-refractivity contribution >= 4 is 28.7 Å². The first-order valence-corrected chi connectivity index (χ1v) is 12.8. The molecule has 4 aromatic rings. The fraction of sp³-hybridized carbons (Fsp3) is 0.241. The molecule has 0 spiro atoms. The normalized spacial score (nSPS) is 20.0. The average Bonchev–Trinajstić information content (AvgIpc) is 3.54. The largest absolute Gasteiger partial charge is 0.378 e. The first kappa shape index (κ1) is 22.8. The molecule has 2 aliphatic heterocycles. The molecule has 7 heteroatoms. The second kappa shape index (κ2) is 9.76. The van der Waals surface area contributed by atoms with Gasteiger partial charge in [-0.3, -0.25) is 4.98 Å². The molecule has 6 nitrogen and oxygen atoms in total. The summed E-state index contributed by atoms with van der Waals surface area (Å²) >= 11 is 5.94. The number of rotatable bonds is 5. The SMILES string of the molecule is Cc1ccc(-n2cccc2[C@@H]2[C@@H](c3ccccn3)NC(=S)N2c2ccc(N3CCOCC3)cc2)cc1. The summed E-state index contributed by atoms with van der Waals surface area (Å²) in [5, 5.41) is 4.28. The Morgan fingerprint density at radius 1 is 0.861 bits per heavy atom. The zero-order chi connectivity index (χ0) is 24.5. The van der Waals surface area contributed by atoms with Crippen LogP contribution < -0.4 is 15.1 Å². The lowest BCUT2D eigenvalue weighted by Crippen LogP contribution is -2.36. The van der Waals surface area contributed by atoms with Crippen LogP contribution in [0.5, 0.6) is 0 Å². The molecular weight excluding hydrogens is 466 g/mol. The Labute approximate surface area is 217 Å². The number of ether oxygens (including phenoxy) is 1. The summed E-state index contributed by atoms with van der Waals surface area (Å²) in [4.78, 5) is 9.30. The fourth-order valence-corrected chi connectivity index (χ4v) is 5.50. The molecule has 2 aromatic carbocycles. The monoisotopic (exact) mass is 495 g/mol. The van der Waals surface area contributed by atoms with Crippen LogP contribution in [0.25, 0.3) is 5.69 Å². The number of thiocarbonyl (C=S) groups is 1. The van der Waals surface area contributed by atoms with E-state index in [-0.39, 0.29) is 12.1 Å². The summed E-state index contributed by atoms with van der Waals surface area (Å²) in [6.45, 7) is 5.48. The Morgan fingerprint density at radius 3 is 2.31 bits per heavy atom. The van der Waals surface area contributed by atoms with Crippen molar-refractivity contribution in [3.05, 3.63) is 108 Å². The van der Waals surface area contributed by atoms with Gasteiger partial charge in [-0.15, -0.1) is 0 Å². The summed E-state index contributed by atoms with van der Waals surface area (Å²) in [7, 11) is 0. The van der Waals surface area contributed by atoms with E-state index in [1.165, 1.54) is 11.3 Å². The quantitative estimate of drug-likeness (QED) is 0.384. The van der Waals surface area contributed by atoms with E-state index < -0.39 is 0 Å². The molecule has 2 aliphatic rings. The number of anilines is 2. The summed E-state index contributed by atoms with van der Waals surface area (Å²) < 4.78 is 7.77. The molecule has 2 saturated heterocycles. The molecule has 0 aliphatic carbocycles. The summed E-state index contributed by atoms with van der Waals surface area (Å²) in [6.07, 6.45) is 3.96. The van der Waals surface area contributed by atoms with E-state index in [1.807, 2.05) is 18.3 Å². The molecule has 2 fully saturated rings. The number of benzene rings is 2. The molecule has 0 amide bonds. The van der Waals surface area contributed by atoms with Crippen LogP contribution in [-0.4, -0.2) is 41.0 Å². The average molecular weight is 496 g/mol. The molecule has 0 unspecified atom stereocenters. The number of nitrogens with one attached hydrogen (secondary N) is 1. The van der Waals surface area contributed by atoms with Crippen LogP contribution in [0.3, 0.4) is 0 Å². The van der Waals surface area contributed by atoms with Gasteiger partial charge in [0.05, 0.1) is 24.9 Å². The smallest absolute Gasteiger partial charge is 0.174 e. The van der Waals surface area contributed by atoms with Crippen molar-refractivity contribution < 1.29 is 4.74 Å². The Balaban J connectivity index is 1.41. The van der Waals surface area contributed by atoms with Gasteiger partial charge in [-0.1, -0.05) is 23.8 Å². The Hall–Kier alpha value is -3.68. The first-order chi connectivity index (χ1) is 17.7. The minimum Gasteiger partial charge on any atom is -0.378 e. The first-order valence-electron chi connectivity index (χ1n) is 12.4. The fourth-order valence-electron chi connectivity index (χ4n) is 5.15. The van der Waals surface area contributed by atoms with E-state index >= 15 is 0 Å². The molecule has 0 bridgehead atoms. The Bertz CT molecular complexity index is 1330. The van der Waals surface area contributed by atoms with Crippen LogP contribution in [0.15, 0.2) is 91.3 Å². The van der Waals surface area contributed by atoms with Gasteiger partial charge in [0, 0.05) is 48.2 Å². The molecule has 1 N–H and O–H groups in total. The third-order valence-electron chi connectivity index (χ3n) is 7.00. The predicted molar refractivity (Wildman–Crippen MR) is 148 cm³/mol. The maximum Gasteiger partial charge on any atom is 0.174 e.